The summed E-state index contributed by atoms with van der Waals surface area (Å²) < 4.78 is 0. The Morgan fingerprint density at radius 1 is 0.909 bits per heavy atom. The van der Waals surface area contributed by atoms with E-state index < -0.39 is 0 Å². The number of rotatable bonds is 10. The van der Waals surface area contributed by atoms with Crippen LogP contribution < -0.4 is 10.6 Å². The Bertz CT molecular complexity index is 323. The van der Waals surface area contributed by atoms with E-state index in [2.05, 4.69) is 17.6 Å². The van der Waals surface area contributed by atoms with Crippen LogP contribution in [-0.4, -0.2) is 17.6 Å². The first kappa shape index (κ1) is 17.8. The lowest BCUT2D eigenvalue weighted by molar-refractivity contribution is -0.125. The molecule has 0 bridgehead atoms. The van der Waals surface area contributed by atoms with Crippen LogP contribution in [0.15, 0.2) is 0 Å². The molecule has 22 heavy (non-hydrogen) atoms. The van der Waals surface area contributed by atoms with Gasteiger partial charge in [0.2, 0.25) is 5.91 Å². The molecule has 0 aromatic heterocycles. The van der Waals surface area contributed by atoms with Crippen molar-refractivity contribution in [2.45, 2.75) is 115 Å². The van der Waals surface area contributed by atoms with Crippen LogP contribution in [0.25, 0.3) is 0 Å². The second-order valence-electron chi connectivity index (χ2n) is 7.43. The number of amides is 1. The van der Waals surface area contributed by atoms with Gasteiger partial charge in [0.15, 0.2) is 0 Å². The van der Waals surface area contributed by atoms with Crippen LogP contribution in [0, 0.1) is 0 Å². The summed E-state index contributed by atoms with van der Waals surface area (Å²) >= 11 is 0. The van der Waals surface area contributed by atoms with Crippen LogP contribution in [0.5, 0.6) is 0 Å². The lowest BCUT2D eigenvalue weighted by atomic mass is 9.82. The largest absolute Gasteiger partial charge is 0.339 e. The minimum Gasteiger partial charge on any atom is -0.339 e. The first-order chi connectivity index (χ1) is 10.8. The fourth-order valence-electron chi connectivity index (χ4n) is 4.06. The van der Waals surface area contributed by atoms with Crippen molar-refractivity contribution < 1.29 is 4.79 Å². The van der Waals surface area contributed by atoms with Crippen molar-refractivity contribution in [2.75, 3.05) is 0 Å². The molecule has 3 heteroatoms. The number of hydrogen-bond acceptors (Lipinski definition) is 2. The van der Waals surface area contributed by atoms with Crippen molar-refractivity contribution in [3.63, 3.8) is 0 Å². The van der Waals surface area contributed by atoms with Gasteiger partial charge in [0.1, 0.15) is 0 Å². The molecule has 0 aromatic rings. The molecular formula is C19H36N2O. The Labute approximate surface area is 137 Å². The zero-order valence-electron chi connectivity index (χ0n) is 14.6. The topological polar surface area (TPSA) is 41.1 Å². The highest BCUT2D eigenvalue weighted by molar-refractivity contribution is 5.88. The predicted molar refractivity (Wildman–Crippen MR) is 92.7 cm³/mol. The van der Waals surface area contributed by atoms with E-state index in [1.165, 1.54) is 77.0 Å². The summed E-state index contributed by atoms with van der Waals surface area (Å²) in [6.45, 7) is 2.27. The van der Waals surface area contributed by atoms with E-state index in [1.54, 1.807) is 0 Å². The van der Waals surface area contributed by atoms with Crippen LogP contribution in [-0.2, 0) is 4.79 Å². The second-order valence-corrected chi connectivity index (χ2v) is 7.43. The van der Waals surface area contributed by atoms with Gasteiger partial charge in [0.05, 0.1) is 11.7 Å². The van der Waals surface area contributed by atoms with Crippen molar-refractivity contribution in [3.05, 3.63) is 0 Å². The number of hydrogen-bond donors (Lipinski definition) is 2. The number of carbonyl (C=O) groups excluding carboxylic acids is 1. The molecule has 128 valence electrons. The van der Waals surface area contributed by atoms with Gasteiger partial charge in [0.25, 0.3) is 0 Å². The van der Waals surface area contributed by atoms with E-state index in [-0.39, 0.29) is 17.6 Å². The number of unbranched alkanes of at least 4 members (excludes halogenated alkanes) is 8. The van der Waals surface area contributed by atoms with Crippen LogP contribution in [0.3, 0.4) is 0 Å². The normalized spacial score (nSPS) is 23.9. The molecule has 0 aromatic carbocycles. The summed E-state index contributed by atoms with van der Waals surface area (Å²) in [7, 11) is 0. The van der Waals surface area contributed by atoms with E-state index in [0.717, 1.165) is 19.3 Å². The molecule has 2 fully saturated rings. The summed E-state index contributed by atoms with van der Waals surface area (Å²) in [5.74, 6) is 0.271. The molecule has 2 aliphatic rings. The van der Waals surface area contributed by atoms with Gasteiger partial charge < -0.3 is 5.32 Å². The highest BCUT2D eigenvalue weighted by atomic mass is 16.2. The maximum absolute atomic E-state index is 12.2. The van der Waals surface area contributed by atoms with Gasteiger partial charge in [-0.3, -0.25) is 10.1 Å². The molecule has 0 radical (unpaired) electrons. The van der Waals surface area contributed by atoms with Crippen LogP contribution in [0.1, 0.15) is 103 Å². The van der Waals surface area contributed by atoms with Crippen LogP contribution in [0.2, 0.25) is 0 Å². The van der Waals surface area contributed by atoms with Crippen LogP contribution >= 0.6 is 0 Å². The molecule has 1 saturated heterocycles. The first-order valence-corrected chi connectivity index (χ1v) is 9.85. The minimum absolute atomic E-state index is 0.206. The molecule has 1 aliphatic carbocycles. The summed E-state index contributed by atoms with van der Waals surface area (Å²) in [6, 6.07) is 0. The third kappa shape index (κ3) is 5.26. The quantitative estimate of drug-likeness (QED) is 0.576. The summed E-state index contributed by atoms with van der Waals surface area (Å²) in [6.07, 6.45) is 19.4. The maximum Gasteiger partial charge on any atom is 0.241 e. The smallest absolute Gasteiger partial charge is 0.241 e. The Morgan fingerprint density at radius 3 is 2.14 bits per heavy atom. The maximum atomic E-state index is 12.2. The molecule has 1 saturated carbocycles. The van der Waals surface area contributed by atoms with Gasteiger partial charge in [-0.1, -0.05) is 84.0 Å². The molecule has 3 nitrogen and oxygen atoms in total. The molecule has 1 atom stereocenters. The molecule has 1 amide bonds. The van der Waals surface area contributed by atoms with Gasteiger partial charge in [0, 0.05) is 0 Å². The molecule has 2 N–H and O–H groups in total. The van der Waals surface area contributed by atoms with E-state index in [9.17, 15) is 4.79 Å². The predicted octanol–water partition coefficient (Wildman–Crippen LogP) is 4.66. The van der Waals surface area contributed by atoms with Crippen molar-refractivity contribution in [3.8, 4) is 0 Å². The van der Waals surface area contributed by atoms with Crippen molar-refractivity contribution in [1.29, 1.82) is 0 Å². The zero-order chi connectivity index (χ0) is 15.7. The van der Waals surface area contributed by atoms with Gasteiger partial charge in [-0.05, 0) is 19.3 Å². The Kier molecular flexibility index (Phi) is 7.71. The van der Waals surface area contributed by atoms with E-state index in [0.29, 0.717) is 0 Å². The molecule has 1 heterocycles. The Hall–Kier alpha value is -0.570. The fraction of sp³-hybridized carbons (Fsp3) is 0.947. The SMILES string of the molecule is CCCCCCCCCCCC1NC(=O)C2(CCCCC2)N1. The molecule has 1 spiro atoms. The third-order valence-electron chi connectivity index (χ3n) is 5.49. The van der Waals surface area contributed by atoms with Gasteiger partial charge in [-0.15, -0.1) is 0 Å². The lowest BCUT2D eigenvalue weighted by Gasteiger charge is -2.31. The van der Waals surface area contributed by atoms with E-state index in [4.69, 9.17) is 0 Å². The first-order valence-electron chi connectivity index (χ1n) is 9.85. The third-order valence-corrected chi connectivity index (χ3v) is 5.49. The summed E-state index contributed by atoms with van der Waals surface area (Å²) in [4.78, 5) is 12.2. The zero-order valence-corrected chi connectivity index (χ0v) is 14.6. The second kappa shape index (κ2) is 9.54. The standard InChI is InChI=1S/C19H36N2O/c1-2-3-4-5-6-7-8-9-11-14-17-20-18(22)19(21-17)15-12-10-13-16-19/h17,21H,2-16H2,1H3,(H,20,22). The summed E-state index contributed by atoms with van der Waals surface area (Å²) in [5.41, 5.74) is -0.206. The average molecular weight is 309 g/mol. The molecule has 2 rings (SSSR count). The van der Waals surface area contributed by atoms with E-state index in [1.807, 2.05) is 0 Å². The average Bonchev–Trinajstić information content (AvgIpc) is 2.82. The van der Waals surface area contributed by atoms with Gasteiger partial charge in [-0.25, -0.2) is 0 Å². The van der Waals surface area contributed by atoms with Gasteiger partial charge >= 0.3 is 0 Å². The van der Waals surface area contributed by atoms with Crippen molar-refractivity contribution in [2.24, 2.45) is 0 Å². The van der Waals surface area contributed by atoms with Gasteiger partial charge in [-0.2, -0.15) is 0 Å². The summed E-state index contributed by atoms with van der Waals surface area (Å²) in [5, 5.41) is 6.81. The van der Waals surface area contributed by atoms with Crippen molar-refractivity contribution >= 4 is 5.91 Å². The number of nitrogens with one attached hydrogen (secondary N) is 2. The minimum atomic E-state index is -0.206. The number of carbonyl (C=O) groups is 1. The Morgan fingerprint density at radius 2 is 1.50 bits per heavy atom. The molecule has 1 unspecified atom stereocenters. The van der Waals surface area contributed by atoms with Crippen LogP contribution in [0.4, 0.5) is 0 Å². The lowest BCUT2D eigenvalue weighted by Crippen LogP contribution is -2.48. The monoisotopic (exact) mass is 308 g/mol. The highest BCUT2D eigenvalue weighted by Gasteiger charge is 2.46. The highest BCUT2D eigenvalue weighted by Crippen LogP contribution is 2.32. The molecular weight excluding hydrogens is 272 g/mol. The fourth-order valence-corrected chi connectivity index (χ4v) is 4.06. The molecule has 1 aliphatic heterocycles. The van der Waals surface area contributed by atoms with Crippen molar-refractivity contribution in [1.82, 2.24) is 10.6 Å². The Balaban J connectivity index is 1.50. The van der Waals surface area contributed by atoms with E-state index >= 15 is 0 Å².